The zero-order valence-corrected chi connectivity index (χ0v) is 15.9. The van der Waals surface area contributed by atoms with Crippen LogP contribution in [0.5, 0.6) is 0 Å². The van der Waals surface area contributed by atoms with Gasteiger partial charge in [-0.25, -0.2) is 9.97 Å². The van der Waals surface area contributed by atoms with Gasteiger partial charge in [-0.2, -0.15) is 13.2 Å². The Bertz CT molecular complexity index is 1190. The van der Waals surface area contributed by atoms with Crippen LogP contribution in [0.25, 0.3) is 33.4 Å². The van der Waals surface area contributed by atoms with Gasteiger partial charge in [0, 0.05) is 41.0 Å². The van der Waals surface area contributed by atoms with Crippen LogP contribution in [0, 0.1) is 0 Å². The summed E-state index contributed by atoms with van der Waals surface area (Å²) in [5.41, 5.74) is 0.808. The molecule has 4 nitrogen and oxygen atoms in total. The molecule has 29 heavy (non-hydrogen) atoms. The van der Waals surface area contributed by atoms with Crippen LogP contribution in [0.2, 0.25) is 5.02 Å². The molecular formula is C21H14ClF3N4. The summed E-state index contributed by atoms with van der Waals surface area (Å²) in [6, 6.07) is 12.2. The number of hydrogen-bond donors (Lipinski definition) is 1. The quantitative estimate of drug-likeness (QED) is 0.442. The van der Waals surface area contributed by atoms with Crippen LogP contribution < -0.4 is 5.32 Å². The molecule has 146 valence electrons. The fourth-order valence-corrected chi connectivity index (χ4v) is 3.44. The molecule has 1 N–H and O–H groups in total. The molecule has 0 unspecified atom stereocenters. The van der Waals surface area contributed by atoms with Crippen molar-refractivity contribution in [2.75, 3.05) is 12.4 Å². The van der Waals surface area contributed by atoms with Crippen molar-refractivity contribution in [1.29, 1.82) is 0 Å². The van der Waals surface area contributed by atoms with E-state index < -0.39 is 11.7 Å². The molecule has 0 radical (unpaired) electrons. The molecule has 0 bridgehead atoms. The number of nitrogens with one attached hydrogen (secondary N) is 1. The number of rotatable bonds is 3. The third-order valence-corrected chi connectivity index (χ3v) is 4.77. The minimum Gasteiger partial charge on any atom is -0.373 e. The van der Waals surface area contributed by atoms with Crippen molar-refractivity contribution < 1.29 is 13.2 Å². The Balaban J connectivity index is 1.93. The summed E-state index contributed by atoms with van der Waals surface area (Å²) in [5, 5.41) is 3.61. The molecule has 0 spiro atoms. The number of fused-ring (bicyclic) bond motifs is 1. The lowest BCUT2D eigenvalue weighted by molar-refractivity contribution is -0.137. The number of aromatic nitrogens is 3. The molecule has 2 aromatic carbocycles. The first-order valence-electron chi connectivity index (χ1n) is 8.64. The highest BCUT2D eigenvalue weighted by Gasteiger charge is 2.34. The van der Waals surface area contributed by atoms with Crippen LogP contribution in [0.15, 0.2) is 60.9 Å². The molecule has 0 fully saturated rings. The van der Waals surface area contributed by atoms with Crippen molar-refractivity contribution in [3.8, 4) is 22.5 Å². The van der Waals surface area contributed by atoms with E-state index in [-0.39, 0.29) is 10.6 Å². The molecule has 2 aromatic heterocycles. The molecule has 0 saturated heterocycles. The van der Waals surface area contributed by atoms with Crippen molar-refractivity contribution in [1.82, 2.24) is 15.0 Å². The molecule has 0 atom stereocenters. The van der Waals surface area contributed by atoms with Crippen LogP contribution in [-0.4, -0.2) is 22.0 Å². The third kappa shape index (κ3) is 3.61. The maximum atomic E-state index is 13.5. The summed E-state index contributed by atoms with van der Waals surface area (Å²) in [4.78, 5) is 13.1. The van der Waals surface area contributed by atoms with Gasteiger partial charge in [0.15, 0.2) is 5.82 Å². The van der Waals surface area contributed by atoms with Gasteiger partial charge in [-0.3, -0.25) is 4.98 Å². The third-order valence-electron chi connectivity index (χ3n) is 4.46. The Morgan fingerprint density at radius 1 is 0.966 bits per heavy atom. The van der Waals surface area contributed by atoms with Crippen LogP contribution >= 0.6 is 11.6 Å². The van der Waals surface area contributed by atoms with Gasteiger partial charge < -0.3 is 5.32 Å². The smallest absolute Gasteiger partial charge is 0.373 e. The van der Waals surface area contributed by atoms with Gasteiger partial charge in [0.2, 0.25) is 0 Å². The lowest BCUT2D eigenvalue weighted by Crippen LogP contribution is -2.07. The molecule has 4 aromatic rings. The van der Waals surface area contributed by atoms with Gasteiger partial charge in [-0.15, -0.1) is 0 Å². The Morgan fingerprint density at radius 2 is 1.79 bits per heavy atom. The summed E-state index contributed by atoms with van der Waals surface area (Å²) < 4.78 is 40.5. The number of nitrogens with zero attached hydrogens (tertiary/aromatic N) is 3. The van der Waals surface area contributed by atoms with E-state index in [0.717, 1.165) is 11.6 Å². The minimum absolute atomic E-state index is 0.0260. The summed E-state index contributed by atoms with van der Waals surface area (Å²) in [5.74, 6) is 0.965. The highest BCUT2D eigenvalue weighted by atomic mass is 35.5. The van der Waals surface area contributed by atoms with Gasteiger partial charge >= 0.3 is 6.18 Å². The van der Waals surface area contributed by atoms with Crippen molar-refractivity contribution in [2.45, 2.75) is 6.18 Å². The van der Waals surface area contributed by atoms with E-state index in [1.165, 1.54) is 12.1 Å². The Morgan fingerprint density at radius 3 is 2.48 bits per heavy atom. The second kappa shape index (κ2) is 7.33. The second-order valence-corrected chi connectivity index (χ2v) is 6.69. The van der Waals surface area contributed by atoms with Crippen molar-refractivity contribution in [3.05, 3.63) is 71.5 Å². The van der Waals surface area contributed by atoms with Gasteiger partial charge in [-0.05, 0) is 42.0 Å². The highest BCUT2D eigenvalue weighted by molar-refractivity contribution is 6.33. The van der Waals surface area contributed by atoms with Crippen molar-refractivity contribution in [3.63, 3.8) is 0 Å². The van der Waals surface area contributed by atoms with Gasteiger partial charge in [-0.1, -0.05) is 23.7 Å². The summed E-state index contributed by atoms with van der Waals surface area (Å²) in [6.07, 6.45) is -1.23. The minimum atomic E-state index is -4.53. The second-order valence-electron chi connectivity index (χ2n) is 6.28. The van der Waals surface area contributed by atoms with E-state index in [9.17, 15) is 13.2 Å². The molecule has 0 aliphatic carbocycles. The summed E-state index contributed by atoms with van der Waals surface area (Å²) in [7, 11) is 1.69. The highest BCUT2D eigenvalue weighted by Crippen LogP contribution is 2.42. The van der Waals surface area contributed by atoms with Crippen LogP contribution in [0.1, 0.15) is 5.56 Å². The number of pyridine rings is 1. The first-order valence-corrected chi connectivity index (χ1v) is 9.02. The average molecular weight is 415 g/mol. The normalized spacial score (nSPS) is 11.6. The fraction of sp³-hybridized carbons (Fsp3) is 0.0952. The van der Waals surface area contributed by atoms with E-state index in [1.54, 1.807) is 43.7 Å². The number of benzene rings is 2. The molecule has 0 aliphatic rings. The summed E-state index contributed by atoms with van der Waals surface area (Å²) in [6.45, 7) is 0. The maximum Gasteiger partial charge on any atom is 0.417 e. The first-order chi connectivity index (χ1) is 13.9. The Kier molecular flexibility index (Phi) is 4.84. The molecule has 8 heteroatoms. The molecule has 4 rings (SSSR count). The lowest BCUT2D eigenvalue weighted by atomic mass is 9.97. The van der Waals surface area contributed by atoms with E-state index in [1.807, 2.05) is 6.07 Å². The monoisotopic (exact) mass is 414 g/mol. The van der Waals surface area contributed by atoms with Gasteiger partial charge in [0.1, 0.15) is 5.82 Å². The van der Waals surface area contributed by atoms with Crippen LogP contribution in [0.3, 0.4) is 0 Å². The Labute approximate surface area is 169 Å². The fourth-order valence-electron chi connectivity index (χ4n) is 3.15. The molecular weight excluding hydrogens is 401 g/mol. The van der Waals surface area contributed by atoms with Crippen molar-refractivity contribution in [2.24, 2.45) is 0 Å². The maximum absolute atomic E-state index is 13.5. The zero-order valence-electron chi connectivity index (χ0n) is 15.1. The molecule has 0 aliphatic heterocycles. The topological polar surface area (TPSA) is 50.7 Å². The number of anilines is 1. The zero-order chi connectivity index (χ0) is 20.6. The SMILES string of the molecule is CNc1nc(-c2cccnc2)nc2ccc(-c3c(Cl)cccc3C(F)(F)F)cc12. The van der Waals surface area contributed by atoms with Gasteiger partial charge in [0.25, 0.3) is 0 Å². The van der Waals surface area contributed by atoms with E-state index in [0.29, 0.717) is 28.1 Å². The van der Waals surface area contributed by atoms with Crippen LogP contribution in [0.4, 0.5) is 19.0 Å². The largest absolute Gasteiger partial charge is 0.417 e. The lowest BCUT2D eigenvalue weighted by Gasteiger charge is -2.15. The Hall–Kier alpha value is -3.19. The molecule has 0 saturated carbocycles. The molecule has 0 amide bonds. The van der Waals surface area contributed by atoms with E-state index >= 15 is 0 Å². The van der Waals surface area contributed by atoms with E-state index in [4.69, 9.17) is 11.6 Å². The number of halogens is 4. The summed E-state index contributed by atoms with van der Waals surface area (Å²) >= 11 is 6.15. The van der Waals surface area contributed by atoms with E-state index in [2.05, 4.69) is 20.3 Å². The predicted molar refractivity (Wildman–Crippen MR) is 108 cm³/mol. The first kappa shape index (κ1) is 19.1. The van der Waals surface area contributed by atoms with Gasteiger partial charge in [0.05, 0.1) is 11.1 Å². The van der Waals surface area contributed by atoms with Crippen LogP contribution in [-0.2, 0) is 6.18 Å². The predicted octanol–water partition coefficient (Wildman–Crippen LogP) is 6.07. The standard InChI is InChI=1S/C21H14ClF3N4/c1-26-20-14-10-12(18-15(21(23,24)25)5-2-6-16(18)22)7-8-17(14)28-19(29-20)13-4-3-9-27-11-13/h2-11H,1H3,(H,26,28,29). The molecule has 2 heterocycles. The van der Waals surface area contributed by atoms with Crippen molar-refractivity contribution >= 4 is 28.3 Å². The number of alkyl halides is 3. The average Bonchev–Trinajstić information content (AvgIpc) is 2.72. The number of hydrogen-bond acceptors (Lipinski definition) is 4.